The molecule has 0 aliphatic carbocycles. The first-order valence-electron chi connectivity index (χ1n) is 8.88. The highest BCUT2D eigenvalue weighted by Gasteiger charge is 2.36. The van der Waals surface area contributed by atoms with Crippen molar-refractivity contribution in [1.82, 2.24) is 15.2 Å². The van der Waals surface area contributed by atoms with E-state index in [-0.39, 0.29) is 11.8 Å². The van der Waals surface area contributed by atoms with Gasteiger partial charge in [0.1, 0.15) is 6.04 Å². The van der Waals surface area contributed by atoms with Crippen LogP contribution in [0.2, 0.25) is 0 Å². The molecule has 1 saturated heterocycles. The lowest BCUT2D eigenvalue weighted by Gasteiger charge is -2.24. The smallest absolute Gasteiger partial charge is 0.243 e. The molecule has 1 fully saturated rings. The SMILES string of the molecule is O=C(NCc1ccccc1)[C@H]1CCC(=O)N1Cc1c[nH]c2ccccc12. The van der Waals surface area contributed by atoms with Gasteiger partial charge in [0.25, 0.3) is 0 Å². The van der Waals surface area contributed by atoms with E-state index in [0.29, 0.717) is 25.9 Å². The largest absolute Gasteiger partial charge is 0.361 e. The Morgan fingerprint density at radius 2 is 1.88 bits per heavy atom. The summed E-state index contributed by atoms with van der Waals surface area (Å²) in [5, 5.41) is 4.06. The lowest BCUT2D eigenvalue weighted by Crippen LogP contribution is -2.44. The number of amides is 2. The minimum atomic E-state index is -0.403. The zero-order chi connectivity index (χ0) is 17.9. The van der Waals surface area contributed by atoms with Crippen LogP contribution in [0.5, 0.6) is 0 Å². The van der Waals surface area contributed by atoms with Gasteiger partial charge >= 0.3 is 0 Å². The van der Waals surface area contributed by atoms with Crippen LogP contribution < -0.4 is 5.32 Å². The zero-order valence-electron chi connectivity index (χ0n) is 14.4. The molecule has 5 nitrogen and oxygen atoms in total. The molecule has 132 valence electrons. The van der Waals surface area contributed by atoms with Crippen molar-refractivity contribution in [3.63, 3.8) is 0 Å². The third-order valence-electron chi connectivity index (χ3n) is 4.96. The fourth-order valence-corrected chi connectivity index (χ4v) is 3.55. The molecule has 3 aromatic rings. The highest BCUT2D eigenvalue weighted by Crippen LogP contribution is 2.25. The zero-order valence-corrected chi connectivity index (χ0v) is 14.4. The van der Waals surface area contributed by atoms with Crippen LogP contribution in [-0.2, 0) is 22.7 Å². The average molecular weight is 347 g/mol. The van der Waals surface area contributed by atoms with Crippen LogP contribution in [0.15, 0.2) is 60.8 Å². The van der Waals surface area contributed by atoms with Crippen LogP contribution >= 0.6 is 0 Å². The second-order valence-corrected chi connectivity index (χ2v) is 6.64. The molecule has 1 aromatic heterocycles. The van der Waals surface area contributed by atoms with Crippen molar-refractivity contribution in [1.29, 1.82) is 0 Å². The fourth-order valence-electron chi connectivity index (χ4n) is 3.55. The normalized spacial score (nSPS) is 17.0. The highest BCUT2D eigenvalue weighted by atomic mass is 16.2. The molecule has 2 heterocycles. The van der Waals surface area contributed by atoms with Crippen molar-refractivity contribution in [2.45, 2.75) is 32.0 Å². The number of aromatic amines is 1. The van der Waals surface area contributed by atoms with Crippen LogP contribution in [0, 0.1) is 0 Å². The van der Waals surface area contributed by atoms with Gasteiger partial charge in [-0.15, -0.1) is 0 Å². The minimum absolute atomic E-state index is 0.0372. The number of nitrogens with zero attached hydrogens (tertiary/aromatic N) is 1. The van der Waals surface area contributed by atoms with Crippen LogP contribution in [0.3, 0.4) is 0 Å². The van der Waals surface area contributed by atoms with Gasteiger partial charge in [-0.1, -0.05) is 48.5 Å². The van der Waals surface area contributed by atoms with Gasteiger partial charge in [-0.3, -0.25) is 9.59 Å². The van der Waals surface area contributed by atoms with E-state index in [1.54, 1.807) is 4.90 Å². The number of fused-ring (bicyclic) bond motifs is 1. The molecule has 0 unspecified atom stereocenters. The monoisotopic (exact) mass is 347 g/mol. The number of likely N-dealkylation sites (tertiary alicyclic amines) is 1. The molecule has 0 spiro atoms. The summed E-state index contributed by atoms with van der Waals surface area (Å²) in [6.45, 7) is 0.928. The number of nitrogens with one attached hydrogen (secondary N) is 2. The Labute approximate surface area is 152 Å². The van der Waals surface area contributed by atoms with Gasteiger partial charge in [0.2, 0.25) is 11.8 Å². The van der Waals surface area contributed by atoms with Gasteiger partial charge in [0, 0.05) is 36.6 Å². The molecule has 5 heteroatoms. The first-order chi connectivity index (χ1) is 12.7. The van der Waals surface area contributed by atoms with Gasteiger partial charge in [-0.05, 0) is 23.6 Å². The van der Waals surface area contributed by atoms with Crippen molar-refractivity contribution < 1.29 is 9.59 Å². The number of carbonyl (C=O) groups excluding carboxylic acids is 2. The number of H-pyrrole nitrogens is 1. The van der Waals surface area contributed by atoms with E-state index in [4.69, 9.17) is 0 Å². The van der Waals surface area contributed by atoms with Crippen molar-refractivity contribution in [3.8, 4) is 0 Å². The van der Waals surface area contributed by atoms with Gasteiger partial charge in [0.05, 0.1) is 0 Å². The molecule has 26 heavy (non-hydrogen) atoms. The molecule has 1 aliphatic rings. The summed E-state index contributed by atoms with van der Waals surface area (Å²) in [5.41, 5.74) is 3.13. The molecule has 4 rings (SSSR count). The lowest BCUT2D eigenvalue weighted by molar-refractivity contribution is -0.135. The van der Waals surface area contributed by atoms with E-state index >= 15 is 0 Å². The van der Waals surface area contributed by atoms with Crippen LogP contribution in [-0.4, -0.2) is 27.7 Å². The van der Waals surface area contributed by atoms with Crippen molar-refractivity contribution in [2.24, 2.45) is 0 Å². The lowest BCUT2D eigenvalue weighted by atomic mass is 10.1. The number of para-hydroxylation sites is 1. The Hall–Kier alpha value is -3.08. The summed E-state index contributed by atoms with van der Waals surface area (Å²) < 4.78 is 0. The van der Waals surface area contributed by atoms with E-state index in [2.05, 4.69) is 10.3 Å². The first-order valence-corrected chi connectivity index (χ1v) is 8.88. The number of hydrogen-bond acceptors (Lipinski definition) is 2. The maximum Gasteiger partial charge on any atom is 0.243 e. The molecule has 1 atom stereocenters. The Morgan fingerprint density at radius 1 is 1.12 bits per heavy atom. The van der Waals surface area contributed by atoms with E-state index < -0.39 is 6.04 Å². The average Bonchev–Trinajstić information content (AvgIpc) is 3.25. The summed E-state index contributed by atoms with van der Waals surface area (Å²) in [7, 11) is 0. The van der Waals surface area contributed by atoms with Crippen LogP contribution in [0.1, 0.15) is 24.0 Å². The second kappa shape index (κ2) is 7.04. The van der Waals surface area contributed by atoms with E-state index in [1.807, 2.05) is 60.8 Å². The minimum Gasteiger partial charge on any atom is -0.361 e. The number of carbonyl (C=O) groups is 2. The Bertz CT molecular complexity index is 933. The molecule has 2 amide bonds. The number of aromatic nitrogens is 1. The van der Waals surface area contributed by atoms with Gasteiger partial charge < -0.3 is 15.2 Å². The molecule has 2 aromatic carbocycles. The van der Waals surface area contributed by atoms with Crippen molar-refractivity contribution in [2.75, 3.05) is 0 Å². The van der Waals surface area contributed by atoms with Crippen LogP contribution in [0.4, 0.5) is 0 Å². The fraction of sp³-hybridized carbons (Fsp3) is 0.238. The summed E-state index contributed by atoms with van der Waals surface area (Å²) in [4.78, 5) is 29.9. The van der Waals surface area contributed by atoms with Crippen molar-refractivity contribution >= 4 is 22.7 Å². The van der Waals surface area contributed by atoms with Gasteiger partial charge in [-0.25, -0.2) is 0 Å². The predicted molar refractivity (Wildman–Crippen MR) is 100 cm³/mol. The van der Waals surface area contributed by atoms with E-state index in [9.17, 15) is 9.59 Å². The Balaban J connectivity index is 1.47. The number of benzene rings is 2. The van der Waals surface area contributed by atoms with E-state index in [0.717, 1.165) is 22.0 Å². The third-order valence-corrected chi connectivity index (χ3v) is 4.96. The predicted octanol–water partition coefficient (Wildman–Crippen LogP) is 2.98. The summed E-state index contributed by atoms with van der Waals surface area (Å²) in [6.07, 6.45) is 2.92. The maximum atomic E-state index is 12.7. The molecular weight excluding hydrogens is 326 g/mol. The quantitative estimate of drug-likeness (QED) is 0.745. The molecule has 0 bridgehead atoms. The Kier molecular flexibility index (Phi) is 4.44. The summed E-state index contributed by atoms with van der Waals surface area (Å²) in [6, 6.07) is 17.4. The second-order valence-electron chi connectivity index (χ2n) is 6.64. The summed E-state index contributed by atoms with van der Waals surface area (Å²) in [5.74, 6) is -0.0466. The third kappa shape index (κ3) is 3.20. The van der Waals surface area contributed by atoms with Gasteiger partial charge in [-0.2, -0.15) is 0 Å². The molecule has 1 aliphatic heterocycles. The Morgan fingerprint density at radius 3 is 2.73 bits per heavy atom. The molecule has 2 N–H and O–H groups in total. The summed E-state index contributed by atoms with van der Waals surface area (Å²) >= 11 is 0. The van der Waals surface area contributed by atoms with Crippen molar-refractivity contribution in [3.05, 3.63) is 71.9 Å². The maximum absolute atomic E-state index is 12.7. The van der Waals surface area contributed by atoms with Gasteiger partial charge in [0.15, 0.2) is 0 Å². The van der Waals surface area contributed by atoms with E-state index in [1.165, 1.54) is 0 Å². The highest BCUT2D eigenvalue weighted by molar-refractivity contribution is 5.91. The molecular formula is C21H21N3O2. The number of hydrogen-bond donors (Lipinski definition) is 2. The molecule has 0 saturated carbocycles. The standard InChI is InChI=1S/C21H21N3O2/c25-20-11-10-19(21(26)23-12-15-6-2-1-3-7-15)24(20)14-16-13-22-18-9-5-4-8-17(16)18/h1-9,13,19,22H,10-12,14H2,(H,23,26)/t19-/m1/s1. The first kappa shape index (κ1) is 16.4. The topological polar surface area (TPSA) is 65.2 Å². The van der Waals surface area contributed by atoms with Crippen LogP contribution in [0.25, 0.3) is 10.9 Å². The molecule has 0 radical (unpaired) electrons. The number of rotatable bonds is 5.